The van der Waals surface area contributed by atoms with E-state index in [-0.39, 0.29) is 17.0 Å². The van der Waals surface area contributed by atoms with Crippen LogP contribution >= 0.6 is 15.9 Å². The molecule has 0 aliphatic carbocycles. The van der Waals surface area contributed by atoms with Crippen molar-refractivity contribution >= 4 is 37.4 Å². The molecular weight excluding hydrogens is 492 g/mol. The Kier molecular flexibility index (Phi) is 10.9. The highest BCUT2D eigenvalue weighted by atomic mass is 79.9. The lowest BCUT2D eigenvalue weighted by Crippen LogP contribution is -2.16. The third-order valence-corrected chi connectivity index (χ3v) is 5.80. The molecule has 2 rings (SSSR count). The molecule has 2 N–H and O–H groups in total. The van der Waals surface area contributed by atoms with Crippen molar-refractivity contribution in [1.82, 2.24) is 5.32 Å². The summed E-state index contributed by atoms with van der Waals surface area (Å²) in [5, 5.41) is 3.37. The van der Waals surface area contributed by atoms with Crippen molar-refractivity contribution in [3.63, 3.8) is 0 Å². The number of hydrogen-bond donors (Lipinski definition) is 2. The van der Waals surface area contributed by atoms with Gasteiger partial charge in [-0.25, -0.2) is 8.42 Å². The fraction of sp³-hybridized carbons (Fsp3) is 0.375. The zero-order valence-electron chi connectivity index (χ0n) is 18.4. The number of anilines is 1. The highest BCUT2D eigenvalue weighted by Crippen LogP contribution is 2.26. The number of halogens is 1. The van der Waals surface area contributed by atoms with Gasteiger partial charge >= 0.3 is 0 Å². The zero-order chi connectivity index (χ0) is 23.4. The van der Waals surface area contributed by atoms with E-state index >= 15 is 0 Å². The Morgan fingerprint density at radius 2 is 1.78 bits per heavy atom. The summed E-state index contributed by atoms with van der Waals surface area (Å²) >= 11 is 3.34. The molecular formula is C24H31BrN2O4S. The van der Waals surface area contributed by atoms with Crippen LogP contribution in [0.3, 0.4) is 0 Å². The van der Waals surface area contributed by atoms with E-state index in [0.29, 0.717) is 17.9 Å². The molecule has 6 nitrogen and oxygen atoms in total. The Bertz CT molecular complexity index is 992. The van der Waals surface area contributed by atoms with E-state index in [4.69, 9.17) is 4.74 Å². The molecule has 0 aliphatic rings. The average Bonchev–Trinajstić information content (AvgIpc) is 2.74. The largest absolute Gasteiger partial charge is 0.494 e. The number of ketones is 1. The summed E-state index contributed by atoms with van der Waals surface area (Å²) < 4.78 is 32.8. The molecule has 2 aromatic carbocycles. The van der Waals surface area contributed by atoms with Crippen LogP contribution in [-0.4, -0.2) is 40.2 Å². The van der Waals surface area contributed by atoms with Gasteiger partial charge in [-0.15, -0.1) is 6.58 Å². The summed E-state index contributed by atoms with van der Waals surface area (Å²) in [4.78, 5) is 12.9. The number of unbranched alkanes of at least 4 members (excludes halogenated alkanes) is 3. The normalized spacial score (nSPS) is 11.2. The van der Waals surface area contributed by atoms with Crippen LogP contribution in [0.1, 0.15) is 48.0 Å². The summed E-state index contributed by atoms with van der Waals surface area (Å²) in [6.45, 7) is 6.20. The molecule has 0 spiro atoms. The van der Waals surface area contributed by atoms with Crippen LogP contribution in [0.15, 0.2) is 59.6 Å². The second-order valence-corrected chi connectivity index (χ2v) is 10.2. The Morgan fingerprint density at radius 3 is 2.47 bits per heavy atom. The second kappa shape index (κ2) is 13.4. The molecule has 0 atom stereocenters. The summed E-state index contributed by atoms with van der Waals surface area (Å²) in [5.41, 5.74) is 0.954. The van der Waals surface area contributed by atoms with Gasteiger partial charge in [-0.3, -0.25) is 9.52 Å². The van der Waals surface area contributed by atoms with Crippen LogP contribution in [-0.2, 0) is 10.0 Å². The molecule has 8 heteroatoms. The first kappa shape index (κ1) is 26.1. The van der Waals surface area contributed by atoms with Crippen LogP contribution in [0.25, 0.3) is 0 Å². The van der Waals surface area contributed by atoms with Crippen molar-refractivity contribution < 1.29 is 17.9 Å². The SMILES string of the molecule is C=CCCNCCCCCCOc1ccc(C(=O)c2ccc(Br)cc2)c(NS(C)(=O)=O)c1. The Balaban J connectivity index is 1.94. The molecule has 0 saturated heterocycles. The van der Waals surface area contributed by atoms with Gasteiger partial charge in [0, 0.05) is 21.7 Å². The van der Waals surface area contributed by atoms with Gasteiger partial charge in [0.1, 0.15) is 5.75 Å². The molecule has 0 radical (unpaired) electrons. The summed E-state index contributed by atoms with van der Waals surface area (Å²) in [5.74, 6) is 0.256. The standard InChI is InChI=1S/C24H31BrN2O4S/c1-3-4-15-26-16-7-5-6-8-17-31-21-13-14-22(23(18-21)27-32(2,29)30)24(28)19-9-11-20(25)12-10-19/h3,9-14,18,26-27H,1,4-8,15-17H2,2H3. The highest BCUT2D eigenvalue weighted by Gasteiger charge is 2.17. The number of carbonyl (C=O) groups is 1. The third-order valence-electron chi connectivity index (χ3n) is 4.68. The van der Waals surface area contributed by atoms with Crippen molar-refractivity contribution in [2.75, 3.05) is 30.7 Å². The van der Waals surface area contributed by atoms with Gasteiger partial charge in [-0.2, -0.15) is 0 Å². The highest BCUT2D eigenvalue weighted by molar-refractivity contribution is 9.10. The van der Waals surface area contributed by atoms with Crippen molar-refractivity contribution in [3.8, 4) is 5.75 Å². The van der Waals surface area contributed by atoms with E-state index in [2.05, 4.69) is 32.5 Å². The number of ether oxygens (including phenoxy) is 1. The lowest BCUT2D eigenvalue weighted by molar-refractivity contribution is 0.103. The van der Waals surface area contributed by atoms with Crippen molar-refractivity contribution in [2.45, 2.75) is 32.1 Å². The lowest BCUT2D eigenvalue weighted by atomic mass is 10.0. The molecule has 2 aromatic rings. The fourth-order valence-electron chi connectivity index (χ4n) is 3.08. The second-order valence-electron chi connectivity index (χ2n) is 7.51. The number of carbonyl (C=O) groups excluding carboxylic acids is 1. The minimum Gasteiger partial charge on any atom is -0.494 e. The predicted molar refractivity (Wildman–Crippen MR) is 134 cm³/mol. The number of nitrogens with one attached hydrogen (secondary N) is 2. The molecule has 0 aliphatic heterocycles. The van der Waals surface area contributed by atoms with E-state index in [9.17, 15) is 13.2 Å². The minimum absolute atomic E-state index is 0.212. The summed E-state index contributed by atoms with van der Waals surface area (Å²) in [6, 6.07) is 11.8. The van der Waals surface area contributed by atoms with Gasteiger partial charge < -0.3 is 10.1 Å². The Morgan fingerprint density at radius 1 is 1.06 bits per heavy atom. The molecule has 0 bridgehead atoms. The first-order valence-corrected chi connectivity index (χ1v) is 13.3. The van der Waals surface area contributed by atoms with Crippen LogP contribution in [0.5, 0.6) is 5.75 Å². The smallest absolute Gasteiger partial charge is 0.229 e. The molecule has 0 fully saturated rings. The number of benzene rings is 2. The van der Waals surface area contributed by atoms with E-state index in [1.54, 1.807) is 42.5 Å². The molecule has 0 saturated carbocycles. The van der Waals surface area contributed by atoms with E-state index in [1.807, 2.05) is 6.08 Å². The monoisotopic (exact) mass is 522 g/mol. The average molecular weight is 523 g/mol. The Labute approximate surface area is 199 Å². The van der Waals surface area contributed by atoms with Crippen LogP contribution in [0, 0.1) is 0 Å². The quantitative estimate of drug-likeness (QED) is 0.192. The number of sulfonamides is 1. The molecule has 174 valence electrons. The number of hydrogen-bond acceptors (Lipinski definition) is 5. The molecule has 0 aromatic heterocycles. The van der Waals surface area contributed by atoms with Crippen molar-refractivity contribution in [1.29, 1.82) is 0 Å². The summed E-state index contributed by atoms with van der Waals surface area (Å²) in [7, 11) is -3.56. The van der Waals surface area contributed by atoms with Gasteiger partial charge in [-0.05, 0) is 68.8 Å². The maximum atomic E-state index is 12.9. The van der Waals surface area contributed by atoms with Gasteiger partial charge in [0.05, 0.1) is 18.6 Å². The van der Waals surface area contributed by atoms with E-state index in [0.717, 1.165) is 55.9 Å². The predicted octanol–water partition coefficient (Wildman–Crippen LogP) is 5.16. The van der Waals surface area contributed by atoms with Crippen molar-refractivity contribution in [3.05, 3.63) is 70.7 Å². The third kappa shape index (κ3) is 9.54. The zero-order valence-corrected chi connectivity index (χ0v) is 20.8. The van der Waals surface area contributed by atoms with Gasteiger partial charge in [0.25, 0.3) is 0 Å². The molecule has 0 unspecified atom stereocenters. The first-order valence-electron chi connectivity index (χ1n) is 10.7. The van der Waals surface area contributed by atoms with Gasteiger partial charge in [-0.1, -0.05) is 34.8 Å². The molecule has 0 heterocycles. The molecule has 32 heavy (non-hydrogen) atoms. The maximum absolute atomic E-state index is 12.9. The fourth-order valence-corrected chi connectivity index (χ4v) is 3.91. The first-order chi connectivity index (χ1) is 15.3. The summed E-state index contributed by atoms with van der Waals surface area (Å²) in [6.07, 6.45) is 8.14. The Hall–Kier alpha value is -2.16. The minimum atomic E-state index is -3.56. The van der Waals surface area contributed by atoms with Gasteiger partial charge in [0.15, 0.2) is 5.78 Å². The van der Waals surface area contributed by atoms with E-state index < -0.39 is 10.0 Å². The maximum Gasteiger partial charge on any atom is 0.229 e. The van der Waals surface area contributed by atoms with Crippen molar-refractivity contribution in [2.24, 2.45) is 0 Å². The lowest BCUT2D eigenvalue weighted by Gasteiger charge is -2.13. The topological polar surface area (TPSA) is 84.5 Å². The van der Waals surface area contributed by atoms with Crippen LogP contribution in [0.4, 0.5) is 5.69 Å². The number of rotatable bonds is 15. The van der Waals surface area contributed by atoms with E-state index in [1.165, 1.54) is 0 Å². The van der Waals surface area contributed by atoms with Gasteiger partial charge in [0.2, 0.25) is 10.0 Å². The van der Waals surface area contributed by atoms with Crippen LogP contribution in [0.2, 0.25) is 0 Å². The molecule has 0 amide bonds. The van der Waals surface area contributed by atoms with Crippen LogP contribution < -0.4 is 14.8 Å².